The van der Waals surface area contributed by atoms with Gasteiger partial charge in [0.15, 0.2) is 5.82 Å². The summed E-state index contributed by atoms with van der Waals surface area (Å²) in [5.74, 6) is -0.412. The minimum Gasteiger partial charge on any atom is -0.392 e. The Bertz CT molecular complexity index is 452. The summed E-state index contributed by atoms with van der Waals surface area (Å²) in [5, 5.41) is 9.59. The van der Waals surface area contributed by atoms with Crippen LogP contribution in [0.4, 0.5) is 9.39 Å². The number of nitrogen functional groups attached to an aromatic ring is 1. The highest BCUT2D eigenvalue weighted by Gasteiger charge is 2.11. The predicted octanol–water partition coefficient (Wildman–Crippen LogP) is 2.11. The molecule has 0 saturated heterocycles. The third-order valence-corrected chi connectivity index (χ3v) is 2.90. The zero-order valence-corrected chi connectivity index (χ0v) is 7.57. The molecule has 0 fully saturated rings. The number of anilines is 1. The topological polar surface area (TPSA) is 46.2 Å². The molecule has 2 aromatic rings. The van der Waals surface area contributed by atoms with Gasteiger partial charge in [0, 0.05) is 10.1 Å². The lowest BCUT2D eigenvalue weighted by Crippen LogP contribution is -1.87. The average Bonchev–Trinajstić information content (AvgIpc) is 2.43. The number of aliphatic hydroxyl groups excluding tert-OH is 1. The Hall–Kier alpha value is -1.13. The molecule has 1 aromatic carbocycles. The van der Waals surface area contributed by atoms with E-state index in [4.69, 9.17) is 10.8 Å². The summed E-state index contributed by atoms with van der Waals surface area (Å²) < 4.78 is 14.2. The first-order valence-electron chi connectivity index (χ1n) is 3.80. The van der Waals surface area contributed by atoms with E-state index < -0.39 is 5.82 Å². The summed E-state index contributed by atoms with van der Waals surface area (Å²) in [4.78, 5) is 0. The standard InChI is InChI=1S/C9H8FNOS/c10-8-7-5(4-12)2-1-3-6(7)13-9(8)11/h1-3,12H,4,11H2. The second-order valence-corrected chi connectivity index (χ2v) is 3.81. The van der Waals surface area contributed by atoms with Crippen molar-refractivity contribution in [1.82, 2.24) is 0 Å². The lowest BCUT2D eigenvalue weighted by molar-refractivity contribution is 0.283. The normalized spacial score (nSPS) is 10.9. The van der Waals surface area contributed by atoms with Crippen LogP contribution in [-0.2, 0) is 6.61 Å². The molecule has 0 aliphatic carbocycles. The highest BCUT2D eigenvalue weighted by Crippen LogP contribution is 2.33. The quantitative estimate of drug-likeness (QED) is 0.735. The Morgan fingerprint density at radius 2 is 2.23 bits per heavy atom. The lowest BCUT2D eigenvalue weighted by atomic mass is 10.1. The van der Waals surface area contributed by atoms with Crippen LogP contribution in [0.3, 0.4) is 0 Å². The lowest BCUT2D eigenvalue weighted by Gasteiger charge is -1.97. The fourth-order valence-corrected chi connectivity index (χ4v) is 2.23. The molecule has 4 heteroatoms. The van der Waals surface area contributed by atoms with Gasteiger partial charge < -0.3 is 10.8 Å². The minimum atomic E-state index is -0.412. The highest BCUT2D eigenvalue weighted by molar-refractivity contribution is 7.22. The van der Waals surface area contributed by atoms with Crippen LogP contribution in [0.5, 0.6) is 0 Å². The van der Waals surface area contributed by atoms with E-state index in [0.717, 1.165) is 4.70 Å². The zero-order valence-electron chi connectivity index (χ0n) is 6.75. The van der Waals surface area contributed by atoms with Crippen LogP contribution in [0.2, 0.25) is 0 Å². The van der Waals surface area contributed by atoms with E-state index in [-0.39, 0.29) is 11.6 Å². The Labute approximate surface area is 78.4 Å². The van der Waals surface area contributed by atoms with Crippen molar-refractivity contribution in [1.29, 1.82) is 0 Å². The van der Waals surface area contributed by atoms with Gasteiger partial charge in [-0.2, -0.15) is 0 Å². The molecule has 0 bridgehead atoms. The number of aliphatic hydroxyl groups is 1. The third-order valence-electron chi connectivity index (χ3n) is 1.94. The van der Waals surface area contributed by atoms with Crippen LogP contribution in [-0.4, -0.2) is 5.11 Å². The van der Waals surface area contributed by atoms with E-state index in [9.17, 15) is 4.39 Å². The van der Waals surface area contributed by atoms with E-state index >= 15 is 0 Å². The molecule has 3 N–H and O–H groups in total. The van der Waals surface area contributed by atoms with E-state index in [1.807, 2.05) is 0 Å². The van der Waals surface area contributed by atoms with Crippen molar-refractivity contribution in [2.24, 2.45) is 0 Å². The number of halogens is 1. The van der Waals surface area contributed by atoms with Gasteiger partial charge in [0.05, 0.1) is 6.61 Å². The number of fused-ring (bicyclic) bond motifs is 1. The van der Waals surface area contributed by atoms with Gasteiger partial charge in [0.2, 0.25) is 0 Å². The van der Waals surface area contributed by atoms with Crippen molar-refractivity contribution in [2.75, 3.05) is 5.73 Å². The molecule has 1 aromatic heterocycles. The fourth-order valence-electron chi connectivity index (χ4n) is 1.33. The Kier molecular flexibility index (Phi) is 1.94. The second-order valence-electron chi connectivity index (χ2n) is 2.73. The van der Waals surface area contributed by atoms with Gasteiger partial charge in [0.25, 0.3) is 0 Å². The van der Waals surface area contributed by atoms with Crippen molar-refractivity contribution in [2.45, 2.75) is 6.61 Å². The summed E-state index contributed by atoms with van der Waals surface area (Å²) in [6, 6.07) is 5.26. The molecule has 68 valence electrons. The van der Waals surface area contributed by atoms with Gasteiger partial charge in [-0.3, -0.25) is 0 Å². The summed E-state index contributed by atoms with van der Waals surface area (Å²) in [6.07, 6.45) is 0. The van der Waals surface area contributed by atoms with Crippen LogP contribution < -0.4 is 5.73 Å². The zero-order chi connectivity index (χ0) is 9.42. The summed E-state index contributed by atoms with van der Waals surface area (Å²) in [5.41, 5.74) is 6.02. The third kappa shape index (κ3) is 1.18. The number of thiophene rings is 1. The van der Waals surface area contributed by atoms with Crippen LogP contribution in [0.1, 0.15) is 5.56 Å². The fraction of sp³-hybridized carbons (Fsp3) is 0.111. The first-order chi connectivity index (χ1) is 6.24. The van der Waals surface area contributed by atoms with Crippen molar-refractivity contribution < 1.29 is 9.50 Å². The Balaban J connectivity index is 2.87. The number of benzene rings is 1. The van der Waals surface area contributed by atoms with E-state index in [2.05, 4.69) is 0 Å². The molecular formula is C9H8FNOS. The molecule has 0 spiro atoms. The number of hydrogen-bond donors (Lipinski definition) is 2. The first-order valence-corrected chi connectivity index (χ1v) is 4.62. The second kappa shape index (κ2) is 2.97. The maximum Gasteiger partial charge on any atom is 0.165 e. The molecule has 13 heavy (non-hydrogen) atoms. The Morgan fingerprint density at radius 1 is 1.46 bits per heavy atom. The number of rotatable bonds is 1. The van der Waals surface area contributed by atoms with Crippen LogP contribution in [0.25, 0.3) is 10.1 Å². The number of nitrogens with two attached hydrogens (primary N) is 1. The molecule has 0 aliphatic rings. The Morgan fingerprint density at radius 3 is 2.92 bits per heavy atom. The monoisotopic (exact) mass is 197 g/mol. The van der Waals surface area contributed by atoms with Crippen LogP contribution in [0.15, 0.2) is 18.2 Å². The van der Waals surface area contributed by atoms with Gasteiger partial charge in [0.1, 0.15) is 5.00 Å². The van der Waals surface area contributed by atoms with E-state index in [1.54, 1.807) is 18.2 Å². The number of hydrogen-bond acceptors (Lipinski definition) is 3. The molecule has 0 saturated carbocycles. The first kappa shape index (κ1) is 8.47. The van der Waals surface area contributed by atoms with Crippen molar-refractivity contribution in [3.63, 3.8) is 0 Å². The summed E-state index contributed by atoms with van der Waals surface area (Å²) >= 11 is 1.20. The van der Waals surface area contributed by atoms with Gasteiger partial charge in [-0.05, 0) is 11.6 Å². The van der Waals surface area contributed by atoms with Crippen LogP contribution >= 0.6 is 11.3 Å². The molecule has 2 rings (SSSR count). The van der Waals surface area contributed by atoms with Crippen molar-refractivity contribution in [3.05, 3.63) is 29.6 Å². The maximum atomic E-state index is 13.4. The smallest absolute Gasteiger partial charge is 0.165 e. The average molecular weight is 197 g/mol. The molecule has 0 amide bonds. The largest absolute Gasteiger partial charge is 0.392 e. The van der Waals surface area contributed by atoms with Gasteiger partial charge in [-0.15, -0.1) is 11.3 Å². The molecule has 0 aliphatic heterocycles. The van der Waals surface area contributed by atoms with Crippen LogP contribution in [0, 0.1) is 5.82 Å². The maximum absolute atomic E-state index is 13.4. The SMILES string of the molecule is Nc1sc2cccc(CO)c2c1F. The van der Waals surface area contributed by atoms with Gasteiger partial charge in [-0.1, -0.05) is 12.1 Å². The minimum absolute atomic E-state index is 0.162. The highest BCUT2D eigenvalue weighted by atomic mass is 32.1. The van der Waals surface area contributed by atoms with Crippen molar-refractivity contribution in [3.8, 4) is 0 Å². The molecule has 0 radical (unpaired) electrons. The van der Waals surface area contributed by atoms with E-state index in [1.165, 1.54) is 11.3 Å². The van der Waals surface area contributed by atoms with Gasteiger partial charge in [-0.25, -0.2) is 4.39 Å². The summed E-state index contributed by atoms with van der Waals surface area (Å²) in [6.45, 7) is -0.162. The van der Waals surface area contributed by atoms with E-state index in [0.29, 0.717) is 10.9 Å². The van der Waals surface area contributed by atoms with Crippen molar-refractivity contribution >= 4 is 26.4 Å². The molecule has 0 atom stereocenters. The van der Waals surface area contributed by atoms with Gasteiger partial charge >= 0.3 is 0 Å². The predicted molar refractivity (Wildman–Crippen MR) is 52.1 cm³/mol. The molecule has 1 heterocycles. The molecule has 2 nitrogen and oxygen atoms in total. The molecular weight excluding hydrogens is 189 g/mol. The molecule has 0 unspecified atom stereocenters. The summed E-state index contributed by atoms with van der Waals surface area (Å²) in [7, 11) is 0.